The standard InChI is InChI=1S/C20H19N3OS/c1-3-15-9-11-16(12-10-15)13-21-23-19(24)18-14(2)25-20(22-18)17-7-5-4-6-8-17/h4-13H,3H2,1-2H3,(H,23,24)/b21-13-. The van der Waals surface area contributed by atoms with Crippen molar-refractivity contribution in [3.63, 3.8) is 0 Å². The van der Waals surface area contributed by atoms with E-state index in [1.54, 1.807) is 6.21 Å². The van der Waals surface area contributed by atoms with Gasteiger partial charge in [-0.25, -0.2) is 10.4 Å². The van der Waals surface area contributed by atoms with Crippen molar-refractivity contribution in [3.8, 4) is 10.6 Å². The maximum Gasteiger partial charge on any atom is 0.291 e. The highest BCUT2D eigenvalue weighted by atomic mass is 32.1. The largest absolute Gasteiger partial charge is 0.291 e. The fourth-order valence-corrected chi connectivity index (χ4v) is 3.28. The number of nitrogens with one attached hydrogen (secondary N) is 1. The minimum Gasteiger partial charge on any atom is -0.266 e. The highest BCUT2D eigenvalue weighted by Gasteiger charge is 2.15. The van der Waals surface area contributed by atoms with Crippen LogP contribution in [0.15, 0.2) is 59.7 Å². The van der Waals surface area contributed by atoms with E-state index in [4.69, 9.17) is 0 Å². The zero-order chi connectivity index (χ0) is 17.6. The Kier molecular flexibility index (Phi) is 5.36. The van der Waals surface area contributed by atoms with Crippen molar-refractivity contribution < 1.29 is 4.79 Å². The molecule has 0 saturated heterocycles. The van der Waals surface area contributed by atoms with Gasteiger partial charge in [0.1, 0.15) is 10.7 Å². The number of nitrogens with zero attached hydrogens (tertiary/aromatic N) is 2. The van der Waals surface area contributed by atoms with Gasteiger partial charge in [-0.05, 0) is 24.5 Å². The zero-order valence-corrected chi connectivity index (χ0v) is 15.0. The Bertz CT molecular complexity index is 883. The summed E-state index contributed by atoms with van der Waals surface area (Å²) in [6, 6.07) is 17.9. The Morgan fingerprint density at radius 1 is 1.16 bits per heavy atom. The summed E-state index contributed by atoms with van der Waals surface area (Å²) in [4.78, 5) is 17.7. The molecule has 0 spiro atoms. The molecule has 0 saturated carbocycles. The van der Waals surface area contributed by atoms with E-state index < -0.39 is 0 Å². The summed E-state index contributed by atoms with van der Waals surface area (Å²) in [5, 5.41) is 4.87. The van der Waals surface area contributed by atoms with Crippen LogP contribution in [0.1, 0.15) is 33.4 Å². The van der Waals surface area contributed by atoms with Crippen LogP contribution in [0.2, 0.25) is 0 Å². The second-order valence-corrected chi connectivity index (χ2v) is 6.79. The van der Waals surface area contributed by atoms with Gasteiger partial charge in [0.25, 0.3) is 5.91 Å². The number of carbonyl (C=O) groups excluding carboxylic acids is 1. The van der Waals surface area contributed by atoms with Crippen LogP contribution in [-0.2, 0) is 6.42 Å². The lowest BCUT2D eigenvalue weighted by Crippen LogP contribution is -2.18. The van der Waals surface area contributed by atoms with Gasteiger partial charge in [0.2, 0.25) is 0 Å². The number of benzene rings is 2. The maximum atomic E-state index is 12.3. The molecule has 0 atom stereocenters. The van der Waals surface area contributed by atoms with E-state index in [2.05, 4.69) is 34.6 Å². The fourth-order valence-electron chi connectivity index (χ4n) is 2.37. The molecule has 0 radical (unpaired) electrons. The predicted octanol–water partition coefficient (Wildman–Crippen LogP) is 4.44. The molecule has 0 bridgehead atoms. The molecular formula is C20H19N3OS. The molecule has 1 amide bonds. The first kappa shape index (κ1) is 17.0. The number of hydrogen-bond acceptors (Lipinski definition) is 4. The Morgan fingerprint density at radius 3 is 2.56 bits per heavy atom. The molecule has 1 aromatic heterocycles. The molecule has 1 N–H and O–H groups in total. The summed E-state index contributed by atoms with van der Waals surface area (Å²) in [6.07, 6.45) is 2.64. The van der Waals surface area contributed by atoms with Crippen molar-refractivity contribution in [2.45, 2.75) is 20.3 Å². The van der Waals surface area contributed by atoms with Crippen molar-refractivity contribution >= 4 is 23.5 Å². The van der Waals surface area contributed by atoms with Crippen molar-refractivity contribution in [1.82, 2.24) is 10.4 Å². The molecule has 1 heterocycles. The number of hydrazone groups is 1. The molecule has 5 heteroatoms. The highest BCUT2D eigenvalue weighted by molar-refractivity contribution is 7.15. The summed E-state index contributed by atoms with van der Waals surface area (Å²) < 4.78 is 0. The average molecular weight is 349 g/mol. The van der Waals surface area contributed by atoms with Gasteiger partial charge in [-0.15, -0.1) is 11.3 Å². The van der Waals surface area contributed by atoms with Gasteiger partial charge in [0, 0.05) is 10.4 Å². The Hall–Kier alpha value is -2.79. The molecule has 0 fully saturated rings. The Morgan fingerprint density at radius 2 is 1.88 bits per heavy atom. The van der Waals surface area contributed by atoms with Gasteiger partial charge in [0.05, 0.1) is 6.21 Å². The van der Waals surface area contributed by atoms with Gasteiger partial charge in [-0.2, -0.15) is 5.10 Å². The first-order chi connectivity index (χ1) is 12.2. The summed E-state index contributed by atoms with van der Waals surface area (Å²) in [5.74, 6) is -0.294. The number of aryl methyl sites for hydroxylation is 2. The number of aromatic nitrogens is 1. The molecule has 0 aliphatic rings. The first-order valence-corrected chi connectivity index (χ1v) is 8.94. The van der Waals surface area contributed by atoms with Crippen LogP contribution in [-0.4, -0.2) is 17.1 Å². The first-order valence-electron chi connectivity index (χ1n) is 8.12. The summed E-state index contributed by atoms with van der Waals surface area (Å²) in [5.41, 5.74) is 6.20. The molecule has 0 unspecified atom stereocenters. The van der Waals surface area contributed by atoms with E-state index in [0.29, 0.717) is 5.69 Å². The lowest BCUT2D eigenvalue weighted by molar-refractivity contribution is 0.0950. The monoisotopic (exact) mass is 349 g/mol. The summed E-state index contributed by atoms with van der Waals surface area (Å²) >= 11 is 1.51. The van der Waals surface area contributed by atoms with Crippen molar-refractivity contribution in [2.24, 2.45) is 5.10 Å². The number of rotatable bonds is 5. The Labute approximate surface area is 151 Å². The summed E-state index contributed by atoms with van der Waals surface area (Å²) in [6.45, 7) is 4.01. The van der Waals surface area contributed by atoms with E-state index in [1.807, 2.05) is 49.4 Å². The topological polar surface area (TPSA) is 54.4 Å². The molecule has 126 valence electrons. The molecule has 3 rings (SSSR count). The fraction of sp³-hybridized carbons (Fsp3) is 0.150. The third kappa shape index (κ3) is 4.19. The number of hydrogen-bond donors (Lipinski definition) is 1. The minimum atomic E-state index is -0.294. The summed E-state index contributed by atoms with van der Waals surface area (Å²) in [7, 11) is 0. The van der Waals surface area contributed by atoms with Crippen LogP contribution >= 0.6 is 11.3 Å². The van der Waals surface area contributed by atoms with Crippen molar-refractivity contribution in [3.05, 3.63) is 76.3 Å². The maximum absolute atomic E-state index is 12.3. The van der Waals surface area contributed by atoms with Crippen LogP contribution in [0.4, 0.5) is 0 Å². The predicted molar refractivity (Wildman–Crippen MR) is 103 cm³/mol. The van der Waals surface area contributed by atoms with E-state index in [1.165, 1.54) is 16.9 Å². The second-order valence-electron chi connectivity index (χ2n) is 5.58. The number of amides is 1. The van der Waals surface area contributed by atoms with Gasteiger partial charge in [0.15, 0.2) is 0 Å². The van der Waals surface area contributed by atoms with E-state index in [9.17, 15) is 4.79 Å². The van der Waals surface area contributed by atoms with Gasteiger partial charge in [-0.3, -0.25) is 4.79 Å². The smallest absolute Gasteiger partial charge is 0.266 e. The average Bonchev–Trinajstić information content (AvgIpc) is 3.05. The van der Waals surface area contributed by atoms with Crippen LogP contribution < -0.4 is 5.43 Å². The Balaban J connectivity index is 1.69. The van der Waals surface area contributed by atoms with Crippen molar-refractivity contribution in [2.75, 3.05) is 0 Å². The lowest BCUT2D eigenvalue weighted by atomic mass is 10.1. The third-order valence-corrected chi connectivity index (χ3v) is 4.82. The zero-order valence-electron chi connectivity index (χ0n) is 14.2. The van der Waals surface area contributed by atoms with Crippen LogP contribution in [0, 0.1) is 6.92 Å². The van der Waals surface area contributed by atoms with E-state index >= 15 is 0 Å². The normalized spacial score (nSPS) is 11.0. The van der Waals surface area contributed by atoms with Gasteiger partial charge in [-0.1, -0.05) is 61.5 Å². The third-order valence-electron chi connectivity index (χ3n) is 3.80. The molecular weight excluding hydrogens is 330 g/mol. The molecule has 3 aromatic rings. The lowest BCUT2D eigenvalue weighted by Gasteiger charge is -1.99. The van der Waals surface area contributed by atoms with Gasteiger partial charge < -0.3 is 0 Å². The van der Waals surface area contributed by atoms with Crippen LogP contribution in [0.3, 0.4) is 0 Å². The van der Waals surface area contributed by atoms with Crippen LogP contribution in [0.25, 0.3) is 10.6 Å². The van der Waals surface area contributed by atoms with E-state index in [0.717, 1.165) is 27.4 Å². The quantitative estimate of drug-likeness (QED) is 0.547. The molecule has 4 nitrogen and oxygen atoms in total. The number of thiazole rings is 1. The number of carbonyl (C=O) groups is 1. The van der Waals surface area contributed by atoms with E-state index in [-0.39, 0.29) is 5.91 Å². The second kappa shape index (κ2) is 7.85. The molecule has 0 aliphatic heterocycles. The van der Waals surface area contributed by atoms with Crippen molar-refractivity contribution in [1.29, 1.82) is 0 Å². The SMILES string of the molecule is CCc1ccc(/C=N\NC(=O)c2nc(-c3ccccc3)sc2C)cc1. The molecule has 2 aromatic carbocycles. The highest BCUT2D eigenvalue weighted by Crippen LogP contribution is 2.27. The molecule has 0 aliphatic carbocycles. The molecule has 25 heavy (non-hydrogen) atoms. The van der Waals surface area contributed by atoms with Crippen LogP contribution in [0.5, 0.6) is 0 Å². The van der Waals surface area contributed by atoms with Gasteiger partial charge >= 0.3 is 0 Å². The minimum absolute atomic E-state index is 0.294.